The van der Waals surface area contributed by atoms with Gasteiger partial charge in [0.25, 0.3) is 5.91 Å². The van der Waals surface area contributed by atoms with E-state index in [4.69, 9.17) is 15.7 Å². The molecule has 102 valence electrons. The Morgan fingerprint density at radius 2 is 2.42 bits per heavy atom. The Morgan fingerprint density at radius 1 is 1.63 bits per heavy atom. The first-order chi connectivity index (χ1) is 9.13. The Balaban J connectivity index is 2.14. The van der Waals surface area contributed by atoms with Crippen molar-refractivity contribution in [2.24, 2.45) is 10.9 Å². The number of oxime groups is 1. The summed E-state index contributed by atoms with van der Waals surface area (Å²) in [6.45, 7) is 0.810. The van der Waals surface area contributed by atoms with Crippen molar-refractivity contribution >= 4 is 11.7 Å². The summed E-state index contributed by atoms with van der Waals surface area (Å²) in [5, 5.41) is 21.1. The highest BCUT2D eigenvalue weighted by Crippen LogP contribution is 2.18. The maximum atomic E-state index is 12.2. The monoisotopic (exact) mass is 266 g/mol. The number of rotatable bonds is 2. The number of hydrogen-bond donors (Lipinski definition) is 3. The van der Waals surface area contributed by atoms with E-state index in [1.807, 2.05) is 0 Å². The van der Waals surface area contributed by atoms with Crippen LogP contribution >= 0.6 is 0 Å². The van der Waals surface area contributed by atoms with Crippen molar-refractivity contribution in [3.05, 3.63) is 24.0 Å². The quantitative estimate of drug-likeness (QED) is 0.284. The summed E-state index contributed by atoms with van der Waals surface area (Å²) in [6, 6.07) is 1.44. The molecule has 1 fully saturated rings. The first-order valence-corrected chi connectivity index (χ1v) is 5.64. The Hall–Kier alpha value is -2.35. The number of amides is 1. The molecular weight excluding hydrogens is 252 g/mol. The fourth-order valence-electron chi connectivity index (χ4n) is 1.81. The number of aromatic nitrogens is 1. The smallest absolute Gasteiger partial charge is 0.257 e. The van der Waals surface area contributed by atoms with Crippen molar-refractivity contribution in [3.63, 3.8) is 0 Å². The summed E-state index contributed by atoms with van der Waals surface area (Å²) in [4.78, 5) is 17.4. The van der Waals surface area contributed by atoms with Crippen molar-refractivity contribution in [2.75, 3.05) is 19.7 Å². The average molecular weight is 266 g/mol. The summed E-state index contributed by atoms with van der Waals surface area (Å²) in [5.74, 6) is -0.616. The first-order valence-electron chi connectivity index (χ1n) is 5.64. The zero-order chi connectivity index (χ0) is 13.8. The van der Waals surface area contributed by atoms with Crippen LogP contribution in [0, 0.1) is 0 Å². The molecule has 1 atom stereocenters. The summed E-state index contributed by atoms with van der Waals surface area (Å²) in [5.41, 5.74) is 5.62. The Kier molecular flexibility index (Phi) is 3.81. The number of ether oxygens (including phenoxy) is 1. The molecule has 2 heterocycles. The van der Waals surface area contributed by atoms with E-state index < -0.39 is 6.10 Å². The van der Waals surface area contributed by atoms with Crippen molar-refractivity contribution in [2.45, 2.75) is 6.10 Å². The molecule has 1 unspecified atom stereocenters. The van der Waals surface area contributed by atoms with Crippen molar-refractivity contribution in [1.29, 1.82) is 0 Å². The zero-order valence-corrected chi connectivity index (χ0v) is 10.1. The third-order valence-corrected chi connectivity index (χ3v) is 2.83. The van der Waals surface area contributed by atoms with Crippen LogP contribution in [-0.4, -0.2) is 57.7 Å². The Labute approximate surface area is 109 Å². The number of nitrogens with zero attached hydrogens (tertiary/aromatic N) is 3. The minimum absolute atomic E-state index is 0.0866. The summed E-state index contributed by atoms with van der Waals surface area (Å²) in [6.07, 6.45) is 1.98. The van der Waals surface area contributed by atoms with Gasteiger partial charge < -0.3 is 25.7 Å². The predicted molar refractivity (Wildman–Crippen MR) is 65.0 cm³/mol. The number of amidine groups is 1. The van der Waals surface area contributed by atoms with E-state index >= 15 is 0 Å². The van der Waals surface area contributed by atoms with Gasteiger partial charge in [0, 0.05) is 12.7 Å². The van der Waals surface area contributed by atoms with Crippen LogP contribution in [0.4, 0.5) is 0 Å². The van der Waals surface area contributed by atoms with Gasteiger partial charge in [0.15, 0.2) is 5.84 Å². The van der Waals surface area contributed by atoms with Crippen LogP contribution in [0.25, 0.3) is 0 Å². The van der Waals surface area contributed by atoms with Gasteiger partial charge in [-0.15, -0.1) is 0 Å². The molecule has 1 aliphatic heterocycles. The van der Waals surface area contributed by atoms with Gasteiger partial charge in [0.2, 0.25) is 0 Å². The SMILES string of the molecule is N/C(=N/O)C1CN(C(=O)c2ccncc2O)CCO1. The van der Waals surface area contributed by atoms with E-state index in [9.17, 15) is 9.90 Å². The lowest BCUT2D eigenvalue weighted by Gasteiger charge is -2.32. The van der Waals surface area contributed by atoms with Gasteiger partial charge in [-0.05, 0) is 6.07 Å². The molecule has 8 heteroatoms. The van der Waals surface area contributed by atoms with Gasteiger partial charge in [-0.1, -0.05) is 5.16 Å². The van der Waals surface area contributed by atoms with E-state index in [1.54, 1.807) is 0 Å². The average Bonchev–Trinajstić information content (AvgIpc) is 2.46. The topological polar surface area (TPSA) is 121 Å². The maximum Gasteiger partial charge on any atom is 0.257 e. The highest BCUT2D eigenvalue weighted by Gasteiger charge is 2.28. The van der Waals surface area contributed by atoms with Crippen LogP contribution in [0.3, 0.4) is 0 Å². The largest absolute Gasteiger partial charge is 0.505 e. The standard InChI is InChI=1S/C11H14N4O4/c12-10(14-18)9-6-15(3-4-19-9)11(17)7-1-2-13-5-8(7)16/h1-2,5,9,16,18H,3-4,6H2,(H2,12,14). The first kappa shape index (κ1) is 13.1. The van der Waals surface area contributed by atoms with Gasteiger partial charge >= 0.3 is 0 Å². The van der Waals surface area contributed by atoms with Gasteiger partial charge in [-0.3, -0.25) is 9.78 Å². The van der Waals surface area contributed by atoms with Crippen LogP contribution in [0.15, 0.2) is 23.6 Å². The van der Waals surface area contributed by atoms with Crippen LogP contribution in [-0.2, 0) is 4.74 Å². The number of carbonyl (C=O) groups excluding carboxylic acids is 1. The van der Waals surface area contributed by atoms with Crippen LogP contribution < -0.4 is 5.73 Å². The van der Waals surface area contributed by atoms with E-state index in [1.165, 1.54) is 23.4 Å². The lowest BCUT2D eigenvalue weighted by atomic mass is 10.2. The number of pyridine rings is 1. The van der Waals surface area contributed by atoms with Crippen LogP contribution in [0.1, 0.15) is 10.4 Å². The molecule has 8 nitrogen and oxygen atoms in total. The van der Waals surface area contributed by atoms with Crippen LogP contribution in [0.2, 0.25) is 0 Å². The third kappa shape index (κ3) is 2.74. The summed E-state index contributed by atoms with van der Waals surface area (Å²) >= 11 is 0. The minimum atomic E-state index is -0.647. The second kappa shape index (κ2) is 5.53. The molecule has 19 heavy (non-hydrogen) atoms. The molecular formula is C11H14N4O4. The van der Waals surface area contributed by atoms with E-state index in [0.29, 0.717) is 6.54 Å². The van der Waals surface area contributed by atoms with Crippen LogP contribution in [0.5, 0.6) is 5.75 Å². The second-order valence-corrected chi connectivity index (χ2v) is 4.03. The highest BCUT2D eigenvalue weighted by molar-refractivity contribution is 5.97. The van der Waals surface area contributed by atoms with Crippen molar-refractivity contribution in [3.8, 4) is 5.75 Å². The zero-order valence-electron chi connectivity index (χ0n) is 10.1. The van der Waals surface area contributed by atoms with Gasteiger partial charge in [-0.2, -0.15) is 0 Å². The van der Waals surface area contributed by atoms with Gasteiger partial charge in [0.1, 0.15) is 11.9 Å². The lowest BCUT2D eigenvalue weighted by molar-refractivity contribution is 0.00662. The summed E-state index contributed by atoms with van der Waals surface area (Å²) < 4.78 is 5.29. The lowest BCUT2D eigenvalue weighted by Crippen LogP contribution is -2.50. The van der Waals surface area contributed by atoms with E-state index in [-0.39, 0.29) is 36.2 Å². The predicted octanol–water partition coefficient (Wildman–Crippen LogP) is -0.625. The number of morpholine rings is 1. The van der Waals surface area contributed by atoms with Crippen molar-refractivity contribution in [1.82, 2.24) is 9.88 Å². The molecule has 1 amide bonds. The molecule has 4 N–H and O–H groups in total. The number of nitrogens with two attached hydrogens (primary N) is 1. The van der Waals surface area contributed by atoms with Gasteiger partial charge in [0.05, 0.1) is 24.9 Å². The Morgan fingerprint density at radius 3 is 3.11 bits per heavy atom. The number of aromatic hydroxyl groups is 1. The second-order valence-electron chi connectivity index (χ2n) is 4.03. The molecule has 0 saturated carbocycles. The van der Waals surface area contributed by atoms with Crippen molar-refractivity contribution < 1.29 is 19.8 Å². The van der Waals surface area contributed by atoms with Gasteiger partial charge in [-0.25, -0.2) is 0 Å². The molecule has 0 aromatic carbocycles. The molecule has 0 spiro atoms. The number of carbonyl (C=O) groups is 1. The molecule has 1 aliphatic rings. The summed E-state index contributed by atoms with van der Waals surface area (Å²) in [7, 11) is 0. The minimum Gasteiger partial charge on any atom is -0.505 e. The molecule has 0 bridgehead atoms. The molecule has 1 aromatic heterocycles. The number of hydrogen-bond acceptors (Lipinski definition) is 6. The molecule has 1 aromatic rings. The van der Waals surface area contributed by atoms with E-state index in [2.05, 4.69) is 10.1 Å². The highest BCUT2D eigenvalue weighted by atomic mass is 16.5. The molecule has 0 aliphatic carbocycles. The molecule has 0 radical (unpaired) electrons. The Bertz CT molecular complexity index is 505. The fourth-order valence-corrected chi connectivity index (χ4v) is 1.81. The maximum absolute atomic E-state index is 12.2. The normalized spacial score (nSPS) is 20.3. The molecule has 2 rings (SSSR count). The molecule has 1 saturated heterocycles. The van der Waals surface area contributed by atoms with E-state index in [0.717, 1.165) is 0 Å². The third-order valence-electron chi connectivity index (χ3n) is 2.83. The fraction of sp³-hybridized carbons (Fsp3) is 0.364.